The zero-order valence-electron chi connectivity index (χ0n) is 19.6. The zero-order chi connectivity index (χ0) is 23.8. The second-order valence-electron chi connectivity index (χ2n) is 9.25. The van der Waals surface area contributed by atoms with E-state index < -0.39 is 0 Å². The van der Waals surface area contributed by atoms with Crippen LogP contribution in [-0.4, -0.2) is 43.2 Å². The molecule has 2 aromatic carbocycles. The van der Waals surface area contributed by atoms with E-state index in [1.165, 1.54) is 5.56 Å². The van der Waals surface area contributed by atoms with Crippen molar-refractivity contribution in [2.75, 3.05) is 13.1 Å². The van der Waals surface area contributed by atoms with Gasteiger partial charge in [0.1, 0.15) is 23.8 Å². The number of piperidine rings is 1. The number of nitrogens with one attached hydrogen (secondary N) is 1. The first kappa shape index (κ1) is 21.4. The van der Waals surface area contributed by atoms with Crippen LogP contribution < -0.4 is 4.74 Å². The molecular formula is C28H27N5O2. The number of amides is 1. The molecule has 1 aliphatic rings. The van der Waals surface area contributed by atoms with E-state index in [-0.39, 0.29) is 11.8 Å². The topological polar surface area (TPSA) is 75.5 Å². The molecule has 7 heteroatoms. The average Bonchev–Trinajstić information content (AvgIpc) is 3.51. The lowest BCUT2D eigenvalue weighted by atomic mass is 9.96. The highest BCUT2D eigenvalue weighted by Crippen LogP contribution is 2.28. The third-order valence-electron chi connectivity index (χ3n) is 6.64. The Morgan fingerprint density at radius 1 is 1.06 bits per heavy atom. The van der Waals surface area contributed by atoms with Gasteiger partial charge in [0.15, 0.2) is 0 Å². The summed E-state index contributed by atoms with van der Waals surface area (Å²) in [6.07, 6.45) is 6.02. The number of pyridine rings is 1. The molecule has 0 aliphatic carbocycles. The minimum absolute atomic E-state index is 0.0491. The highest BCUT2D eigenvalue weighted by atomic mass is 16.5. The van der Waals surface area contributed by atoms with Crippen LogP contribution in [0.4, 0.5) is 0 Å². The Hall–Kier alpha value is -4.13. The van der Waals surface area contributed by atoms with Crippen LogP contribution in [0, 0.1) is 6.92 Å². The maximum Gasteiger partial charge on any atom is 0.253 e. The minimum Gasteiger partial charge on any atom is -0.487 e. The third kappa shape index (κ3) is 4.37. The number of H-pyrrole nitrogens is 1. The van der Waals surface area contributed by atoms with Crippen molar-refractivity contribution >= 4 is 22.6 Å². The molecule has 4 heterocycles. The van der Waals surface area contributed by atoms with Crippen molar-refractivity contribution in [3.8, 4) is 5.75 Å². The predicted octanol–water partition coefficient (Wildman–Crippen LogP) is 5.12. The smallest absolute Gasteiger partial charge is 0.253 e. The van der Waals surface area contributed by atoms with Crippen LogP contribution in [0.15, 0.2) is 73.1 Å². The van der Waals surface area contributed by atoms with E-state index in [1.807, 2.05) is 82.4 Å². The Morgan fingerprint density at radius 3 is 2.77 bits per heavy atom. The van der Waals surface area contributed by atoms with Crippen LogP contribution in [0.2, 0.25) is 0 Å². The number of ether oxygens (including phenoxy) is 1. The Labute approximate surface area is 203 Å². The van der Waals surface area contributed by atoms with Crippen molar-refractivity contribution in [2.24, 2.45) is 0 Å². The summed E-state index contributed by atoms with van der Waals surface area (Å²) in [6, 6.07) is 19.5. The summed E-state index contributed by atoms with van der Waals surface area (Å²) in [4.78, 5) is 27.9. The molecule has 1 N–H and O–H groups in total. The summed E-state index contributed by atoms with van der Waals surface area (Å²) in [5.41, 5.74) is 5.63. The molecule has 0 bridgehead atoms. The number of carbonyl (C=O) groups excluding carboxylic acids is 1. The van der Waals surface area contributed by atoms with Gasteiger partial charge in [-0.2, -0.15) is 0 Å². The highest BCUT2D eigenvalue weighted by molar-refractivity contribution is 5.94. The molecule has 0 unspecified atom stereocenters. The monoisotopic (exact) mass is 465 g/mol. The van der Waals surface area contributed by atoms with E-state index in [9.17, 15) is 4.79 Å². The Balaban J connectivity index is 1.10. The molecule has 7 nitrogen and oxygen atoms in total. The van der Waals surface area contributed by atoms with Crippen LogP contribution in [0.5, 0.6) is 5.75 Å². The fourth-order valence-electron chi connectivity index (χ4n) is 4.81. The van der Waals surface area contributed by atoms with Gasteiger partial charge in [-0.05, 0) is 67.8 Å². The Morgan fingerprint density at radius 2 is 1.91 bits per heavy atom. The van der Waals surface area contributed by atoms with E-state index in [0.29, 0.717) is 24.5 Å². The molecule has 1 atom stereocenters. The van der Waals surface area contributed by atoms with E-state index >= 15 is 0 Å². The summed E-state index contributed by atoms with van der Waals surface area (Å²) in [7, 11) is 0. The lowest BCUT2D eigenvalue weighted by molar-refractivity contribution is 0.0705. The largest absolute Gasteiger partial charge is 0.487 e. The molecule has 0 saturated carbocycles. The van der Waals surface area contributed by atoms with Crippen LogP contribution >= 0.6 is 0 Å². The lowest BCUT2D eigenvalue weighted by Crippen LogP contribution is -2.39. The van der Waals surface area contributed by atoms with Crippen molar-refractivity contribution in [2.45, 2.75) is 32.3 Å². The van der Waals surface area contributed by atoms with Crippen LogP contribution in [0.1, 0.15) is 46.2 Å². The van der Waals surface area contributed by atoms with Crippen LogP contribution in [0.3, 0.4) is 0 Å². The zero-order valence-corrected chi connectivity index (χ0v) is 19.6. The second-order valence-corrected chi connectivity index (χ2v) is 9.25. The molecular weight excluding hydrogens is 438 g/mol. The summed E-state index contributed by atoms with van der Waals surface area (Å²) in [5.74, 6) is 1.95. The number of hydrogen-bond donors (Lipinski definition) is 1. The molecule has 1 aliphatic heterocycles. The third-order valence-corrected chi connectivity index (χ3v) is 6.64. The number of aryl methyl sites for hydroxylation is 1. The highest BCUT2D eigenvalue weighted by Gasteiger charge is 2.27. The van der Waals surface area contributed by atoms with Gasteiger partial charge in [0.2, 0.25) is 0 Å². The molecule has 176 valence electrons. The molecule has 5 aromatic rings. The molecule has 1 fully saturated rings. The maximum atomic E-state index is 13.2. The second kappa shape index (κ2) is 8.91. The van der Waals surface area contributed by atoms with Crippen LogP contribution in [0.25, 0.3) is 16.7 Å². The van der Waals surface area contributed by atoms with E-state index in [1.54, 1.807) is 0 Å². The van der Waals surface area contributed by atoms with Crippen molar-refractivity contribution in [1.82, 2.24) is 24.3 Å². The first-order valence-electron chi connectivity index (χ1n) is 12.0. The van der Waals surface area contributed by atoms with Gasteiger partial charge < -0.3 is 19.0 Å². The SMILES string of the molecule is Cc1ccc2nc(COc3ccc(C(=O)N4CCC[C@H](c5nc6ccccc6[nH]5)C4)cc3)cn2c1. The fourth-order valence-corrected chi connectivity index (χ4v) is 4.81. The van der Waals surface area contributed by atoms with Gasteiger partial charge in [0.25, 0.3) is 5.91 Å². The summed E-state index contributed by atoms with van der Waals surface area (Å²) in [6.45, 7) is 3.87. The Bertz CT molecular complexity index is 1470. The van der Waals surface area contributed by atoms with Gasteiger partial charge in [-0.25, -0.2) is 9.97 Å². The standard InChI is InChI=1S/C28H27N5O2/c1-19-8-13-26-29-22(17-33(26)15-19)18-35-23-11-9-20(10-12-23)28(34)32-14-4-5-21(16-32)27-30-24-6-2-3-7-25(24)31-27/h2-3,6-13,15,17,21H,4-5,14,16,18H2,1H3,(H,30,31)/t21-/m0/s1. The number of nitrogens with zero attached hydrogens (tertiary/aromatic N) is 4. The van der Waals surface area contributed by atoms with Gasteiger partial charge in [-0.3, -0.25) is 4.79 Å². The lowest BCUT2D eigenvalue weighted by Gasteiger charge is -2.32. The number of carbonyl (C=O) groups is 1. The average molecular weight is 466 g/mol. The van der Waals surface area contributed by atoms with Gasteiger partial charge in [-0.15, -0.1) is 0 Å². The predicted molar refractivity (Wildman–Crippen MR) is 135 cm³/mol. The van der Waals surface area contributed by atoms with E-state index in [2.05, 4.69) is 16.9 Å². The number of fused-ring (bicyclic) bond motifs is 2. The number of imidazole rings is 2. The van der Waals surface area contributed by atoms with Crippen molar-refractivity contribution in [1.29, 1.82) is 0 Å². The number of benzene rings is 2. The number of hydrogen-bond acceptors (Lipinski definition) is 4. The summed E-state index contributed by atoms with van der Waals surface area (Å²) >= 11 is 0. The fraction of sp³-hybridized carbons (Fsp3) is 0.250. The van der Waals surface area contributed by atoms with E-state index in [4.69, 9.17) is 9.72 Å². The minimum atomic E-state index is 0.0491. The van der Waals surface area contributed by atoms with Gasteiger partial charge >= 0.3 is 0 Å². The number of para-hydroxylation sites is 2. The number of aromatic amines is 1. The normalized spacial score (nSPS) is 16.1. The first-order valence-corrected chi connectivity index (χ1v) is 12.0. The molecule has 0 spiro atoms. The van der Waals surface area contributed by atoms with Crippen molar-refractivity contribution < 1.29 is 9.53 Å². The molecule has 0 radical (unpaired) electrons. The first-order chi connectivity index (χ1) is 17.1. The quantitative estimate of drug-likeness (QED) is 0.391. The van der Waals surface area contributed by atoms with Crippen LogP contribution in [-0.2, 0) is 6.61 Å². The molecule has 3 aromatic heterocycles. The van der Waals surface area contributed by atoms with Gasteiger partial charge in [0.05, 0.1) is 16.7 Å². The van der Waals surface area contributed by atoms with Crippen molar-refractivity contribution in [3.63, 3.8) is 0 Å². The number of rotatable bonds is 5. The number of aromatic nitrogens is 4. The van der Waals surface area contributed by atoms with Crippen molar-refractivity contribution in [3.05, 3.63) is 95.7 Å². The molecule has 35 heavy (non-hydrogen) atoms. The molecule has 1 amide bonds. The maximum absolute atomic E-state index is 13.2. The van der Waals surface area contributed by atoms with Gasteiger partial charge in [-0.1, -0.05) is 18.2 Å². The molecule has 6 rings (SSSR count). The van der Waals surface area contributed by atoms with E-state index in [0.717, 1.165) is 47.6 Å². The Kier molecular flexibility index (Phi) is 5.45. The molecule has 1 saturated heterocycles. The summed E-state index contributed by atoms with van der Waals surface area (Å²) < 4.78 is 7.93. The number of likely N-dealkylation sites (tertiary alicyclic amines) is 1. The van der Waals surface area contributed by atoms with Gasteiger partial charge in [0, 0.05) is 37.0 Å². The summed E-state index contributed by atoms with van der Waals surface area (Å²) in [5, 5.41) is 0.